The first-order valence-corrected chi connectivity index (χ1v) is 13.2. The summed E-state index contributed by atoms with van der Waals surface area (Å²) in [5.41, 5.74) is 4.37. The van der Waals surface area contributed by atoms with Crippen molar-refractivity contribution in [2.45, 2.75) is 33.6 Å². The van der Waals surface area contributed by atoms with E-state index >= 15 is 0 Å². The second-order valence-corrected chi connectivity index (χ2v) is 9.21. The molecule has 5 nitrogen and oxygen atoms in total. The van der Waals surface area contributed by atoms with Crippen LogP contribution in [0.15, 0.2) is 95.5 Å². The van der Waals surface area contributed by atoms with Crippen LogP contribution in [0, 0.1) is 0 Å². The Morgan fingerprint density at radius 3 is 1.81 bits per heavy atom. The summed E-state index contributed by atoms with van der Waals surface area (Å²) in [6.07, 6.45) is 0. The molecule has 6 heteroatoms. The van der Waals surface area contributed by atoms with Gasteiger partial charge in [-0.25, -0.2) is 0 Å². The molecule has 4 aromatic carbocycles. The second kappa shape index (κ2) is 13.6. The van der Waals surface area contributed by atoms with E-state index in [0.717, 1.165) is 49.8 Å². The third-order valence-corrected chi connectivity index (χ3v) is 6.18. The Labute approximate surface area is 227 Å². The van der Waals surface area contributed by atoms with Gasteiger partial charge in [0, 0.05) is 12.2 Å². The first-order valence-electron chi connectivity index (χ1n) is 12.4. The Hall–Kier alpha value is -3.64. The van der Waals surface area contributed by atoms with Crippen molar-refractivity contribution in [3.63, 3.8) is 0 Å². The summed E-state index contributed by atoms with van der Waals surface area (Å²) in [6.45, 7) is 6.81. The maximum absolute atomic E-state index is 5.95. The predicted octanol–water partition coefficient (Wildman–Crippen LogP) is 8.02. The maximum atomic E-state index is 5.95. The second-order valence-electron chi connectivity index (χ2n) is 8.36. The van der Waals surface area contributed by atoms with E-state index < -0.39 is 0 Å². The van der Waals surface area contributed by atoms with Crippen molar-refractivity contribution < 1.29 is 18.9 Å². The monoisotopic (exact) mass is 561 g/mol. The van der Waals surface area contributed by atoms with Crippen molar-refractivity contribution >= 4 is 21.6 Å². The number of hydrogen-bond acceptors (Lipinski definition) is 5. The van der Waals surface area contributed by atoms with Crippen molar-refractivity contribution in [2.75, 3.05) is 18.5 Å². The van der Waals surface area contributed by atoms with E-state index in [9.17, 15) is 0 Å². The number of nitrogens with one attached hydrogen (secondary N) is 1. The molecular formula is C31H32BrNO4. The number of ether oxygens (including phenoxy) is 4. The van der Waals surface area contributed by atoms with Gasteiger partial charge in [-0.2, -0.15) is 0 Å². The van der Waals surface area contributed by atoms with Crippen molar-refractivity contribution in [2.24, 2.45) is 0 Å². The van der Waals surface area contributed by atoms with Gasteiger partial charge in [-0.1, -0.05) is 42.5 Å². The minimum atomic E-state index is 0.494. The highest BCUT2D eigenvalue weighted by atomic mass is 79.9. The minimum absolute atomic E-state index is 0.494. The molecule has 1 N–H and O–H groups in total. The molecule has 0 aliphatic carbocycles. The van der Waals surface area contributed by atoms with Crippen LogP contribution >= 0.6 is 15.9 Å². The summed E-state index contributed by atoms with van der Waals surface area (Å²) in [6, 6.07) is 30.2. The van der Waals surface area contributed by atoms with E-state index in [-0.39, 0.29) is 0 Å². The molecule has 0 aliphatic heterocycles. The van der Waals surface area contributed by atoms with Gasteiger partial charge in [0.15, 0.2) is 11.5 Å². The molecule has 4 rings (SSSR count). The molecule has 0 unspecified atom stereocenters. The molecule has 0 aromatic heterocycles. The van der Waals surface area contributed by atoms with Crippen LogP contribution in [0.3, 0.4) is 0 Å². The number of halogens is 1. The van der Waals surface area contributed by atoms with Crippen LogP contribution in [0.2, 0.25) is 0 Å². The summed E-state index contributed by atoms with van der Waals surface area (Å²) < 4.78 is 24.2. The van der Waals surface area contributed by atoms with Gasteiger partial charge in [0.2, 0.25) is 0 Å². The van der Waals surface area contributed by atoms with Crippen LogP contribution in [0.4, 0.5) is 5.69 Å². The van der Waals surface area contributed by atoms with Crippen LogP contribution in [0.25, 0.3) is 0 Å². The summed E-state index contributed by atoms with van der Waals surface area (Å²) in [5, 5.41) is 3.47. The van der Waals surface area contributed by atoms with Crippen LogP contribution in [-0.2, 0) is 19.8 Å². The largest absolute Gasteiger partial charge is 0.490 e. The van der Waals surface area contributed by atoms with Crippen molar-refractivity contribution in [1.82, 2.24) is 0 Å². The molecule has 0 radical (unpaired) electrons. The molecule has 37 heavy (non-hydrogen) atoms. The lowest BCUT2D eigenvalue weighted by molar-refractivity contribution is 0.286. The first kappa shape index (κ1) is 26.4. The number of hydrogen-bond donors (Lipinski definition) is 1. The topological polar surface area (TPSA) is 49.0 Å². The van der Waals surface area contributed by atoms with Crippen LogP contribution < -0.4 is 24.3 Å². The quantitative estimate of drug-likeness (QED) is 0.179. The molecule has 0 atom stereocenters. The third kappa shape index (κ3) is 7.92. The lowest BCUT2D eigenvalue weighted by Crippen LogP contribution is -2.04. The molecule has 0 aliphatic rings. The van der Waals surface area contributed by atoms with Crippen LogP contribution in [0.5, 0.6) is 23.0 Å². The maximum Gasteiger partial charge on any atom is 0.175 e. The molecule has 0 saturated carbocycles. The molecule has 192 valence electrons. The average molecular weight is 563 g/mol. The average Bonchev–Trinajstić information content (AvgIpc) is 2.93. The molecular weight excluding hydrogens is 530 g/mol. The molecule has 0 fully saturated rings. The zero-order valence-electron chi connectivity index (χ0n) is 21.2. The van der Waals surface area contributed by atoms with Crippen LogP contribution in [0.1, 0.15) is 30.5 Å². The summed E-state index contributed by atoms with van der Waals surface area (Å²) >= 11 is 3.61. The standard InChI is InChI=1S/C31H32BrNO4/c1-3-34-30-19-25(18-29(32)31(30)35-4-2)20-33-26-12-10-24(11-13-26)22-37-28-16-14-27(15-17-28)36-21-23-8-6-5-7-9-23/h5-19,33H,3-4,20-22H2,1-2H3. The molecule has 0 amide bonds. The van der Waals surface area contributed by atoms with Crippen molar-refractivity contribution in [3.05, 3.63) is 112 Å². The van der Waals surface area contributed by atoms with Gasteiger partial charge < -0.3 is 24.3 Å². The highest BCUT2D eigenvalue weighted by Crippen LogP contribution is 2.37. The van der Waals surface area contributed by atoms with Gasteiger partial charge in [0.25, 0.3) is 0 Å². The van der Waals surface area contributed by atoms with E-state index in [4.69, 9.17) is 18.9 Å². The SMILES string of the molecule is CCOc1cc(CNc2ccc(COc3ccc(OCc4ccccc4)cc3)cc2)cc(Br)c1OCC. The Bertz CT molecular complexity index is 1240. The molecule has 0 spiro atoms. The van der Waals surface area contributed by atoms with Gasteiger partial charge in [-0.3, -0.25) is 0 Å². The van der Waals surface area contributed by atoms with Crippen LogP contribution in [-0.4, -0.2) is 13.2 Å². The van der Waals surface area contributed by atoms with E-state index in [1.807, 2.05) is 62.4 Å². The molecule has 4 aromatic rings. The Morgan fingerprint density at radius 1 is 0.622 bits per heavy atom. The fraction of sp³-hybridized carbons (Fsp3) is 0.226. The number of anilines is 1. The third-order valence-electron chi connectivity index (χ3n) is 5.59. The van der Waals surface area contributed by atoms with E-state index in [1.54, 1.807) is 0 Å². The summed E-state index contributed by atoms with van der Waals surface area (Å²) in [5.74, 6) is 3.12. The van der Waals surface area contributed by atoms with E-state index in [2.05, 4.69) is 63.7 Å². The van der Waals surface area contributed by atoms with E-state index in [0.29, 0.717) is 33.0 Å². The van der Waals surface area contributed by atoms with Gasteiger partial charge in [-0.05, 0) is 95.0 Å². The fourth-order valence-electron chi connectivity index (χ4n) is 3.73. The number of rotatable bonds is 13. The summed E-state index contributed by atoms with van der Waals surface area (Å²) in [4.78, 5) is 0. The Morgan fingerprint density at radius 2 is 1.22 bits per heavy atom. The minimum Gasteiger partial charge on any atom is -0.490 e. The van der Waals surface area contributed by atoms with Gasteiger partial charge in [0.05, 0.1) is 17.7 Å². The lowest BCUT2D eigenvalue weighted by atomic mass is 10.1. The Kier molecular flexibility index (Phi) is 9.72. The van der Waals surface area contributed by atoms with Gasteiger partial charge >= 0.3 is 0 Å². The molecule has 0 bridgehead atoms. The zero-order chi connectivity index (χ0) is 25.9. The zero-order valence-corrected chi connectivity index (χ0v) is 22.8. The molecule has 0 saturated heterocycles. The Balaban J connectivity index is 1.26. The smallest absolute Gasteiger partial charge is 0.175 e. The fourth-order valence-corrected chi connectivity index (χ4v) is 4.34. The number of benzene rings is 4. The normalized spacial score (nSPS) is 10.6. The lowest BCUT2D eigenvalue weighted by Gasteiger charge is -2.15. The predicted molar refractivity (Wildman–Crippen MR) is 152 cm³/mol. The first-order chi connectivity index (χ1) is 18.1. The van der Waals surface area contributed by atoms with E-state index in [1.165, 1.54) is 0 Å². The van der Waals surface area contributed by atoms with Gasteiger partial charge in [-0.15, -0.1) is 0 Å². The highest BCUT2D eigenvalue weighted by molar-refractivity contribution is 9.10. The summed E-state index contributed by atoms with van der Waals surface area (Å²) in [7, 11) is 0. The van der Waals surface area contributed by atoms with Crippen molar-refractivity contribution in [1.29, 1.82) is 0 Å². The molecule has 0 heterocycles. The highest BCUT2D eigenvalue weighted by Gasteiger charge is 2.12. The van der Waals surface area contributed by atoms with Gasteiger partial charge in [0.1, 0.15) is 24.7 Å². The van der Waals surface area contributed by atoms with Crippen molar-refractivity contribution in [3.8, 4) is 23.0 Å².